The smallest absolute Gasteiger partial charge is 0.318 e. The molecule has 0 radical (unpaired) electrons. The van der Waals surface area contributed by atoms with Gasteiger partial charge in [0.1, 0.15) is 0 Å². The molecule has 0 fully saturated rings. The average Bonchev–Trinajstić information content (AvgIpc) is 2.27. The Kier molecular flexibility index (Phi) is 3.96. The molecular weight excluding hydrogens is 232 g/mol. The van der Waals surface area contributed by atoms with E-state index >= 15 is 0 Å². The molecule has 0 saturated heterocycles. The Hall–Kier alpha value is -2.04. The molecule has 1 aromatic rings. The van der Waals surface area contributed by atoms with Crippen LogP contribution < -0.4 is 10.6 Å². The molecule has 3 N–H and O–H groups in total. The van der Waals surface area contributed by atoms with Crippen molar-refractivity contribution < 1.29 is 14.7 Å². The number of aliphatic carboxylic acids is 1. The number of urea groups is 1. The van der Waals surface area contributed by atoms with E-state index in [1.807, 2.05) is 6.07 Å². The number of primary amides is 1. The third-order valence-corrected chi connectivity index (χ3v) is 2.85. The second kappa shape index (κ2) is 5.08. The number of rotatable bonds is 4. The number of hydrogen-bond donors (Lipinski definition) is 2. The lowest BCUT2D eigenvalue weighted by Crippen LogP contribution is -2.32. The molecule has 0 aliphatic heterocycles. The topological polar surface area (TPSA) is 83.6 Å². The van der Waals surface area contributed by atoms with Crippen LogP contribution in [0.4, 0.5) is 10.5 Å². The predicted molar refractivity (Wildman–Crippen MR) is 69.5 cm³/mol. The van der Waals surface area contributed by atoms with Crippen molar-refractivity contribution in [2.75, 3.05) is 11.9 Å². The number of nitrogens with two attached hydrogens (primary N) is 1. The zero-order valence-corrected chi connectivity index (χ0v) is 10.8. The zero-order chi connectivity index (χ0) is 13.9. The minimum absolute atomic E-state index is 0.392. The maximum atomic E-state index is 11.1. The second-order valence-corrected chi connectivity index (χ2v) is 4.93. The second-order valence-electron chi connectivity index (χ2n) is 4.93. The van der Waals surface area contributed by atoms with E-state index in [9.17, 15) is 9.59 Å². The van der Waals surface area contributed by atoms with Crippen molar-refractivity contribution in [2.24, 2.45) is 11.1 Å². The van der Waals surface area contributed by atoms with Crippen LogP contribution in [0.25, 0.3) is 0 Å². The van der Waals surface area contributed by atoms with E-state index in [0.717, 1.165) is 5.56 Å². The summed E-state index contributed by atoms with van der Waals surface area (Å²) in [5, 5.41) is 9.08. The number of carboxylic acid groups (broad SMARTS) is 1. The van der Waals surface area contributed by atoms with Gasteiger partial charge in [0.05, 0.1) is 5.41 Å². The van der Waals surface area contributed by atoms with Crippen molar-refractivity contribution in [3.63, 3.8) is 0 Å². The highest BCUT2D eigenvalue weighted by molar-refractivity contribution is 5.90. The first-order valence-corrected chi connectivity index (χ1v) is 5.59. The van der Waals surface area contributed by atoms with Gasteiger partial charge in [-0.15, -0.1) is 0 Å². The summed E-state index contributed by atoms with van der Waals surface area (Å²) in [6, 6.07) is 6.59. The molecule has 0 bridgehead atoms. The van der Waals surface area contributed by atoms with Crippen LogP contribution in [0.2, 0.25) is 0 Å². The Labute approximate surface area is 106 Å². The van der Waals surface area contributed by atoms with E-state index in [1.165, 1.54) is 4.90 Å². The van der Waals surface area contributed by atoms with Gasteiger partial charge in [-0.1, -0.05) is 12.1 Å². The fourth-order valence-corrected chi connectivity index (χ4v) is 1.59. The van der Waals surface area contributed by atoms with Crippen LogP contribution in [-0.4, -0.2) is 24.2 Å². The lowest BCUT2D eigenvalue weighted by molar-refractivity contribution is -0.146. The van der Waals surface area contributed by atoms with Gasteiger partial charge in [0.25, 0.3) is 0 Å². The molecule has 5 nitrogen and oxygen atoms in total. The number of amides is 2. The van der Waals surface area contributed by atoms with Crippen LogP contribution in [0.5, 0.6) is 0 Å². The minimum Gasteiger partial charge on any atom is -0.481 e. The Bertz CT molecular complexity index is 469. The standard InChI is InChI=1S/C13H18N2O3/c1-13(2,11(16)17)8-9-5-4-6-10(7-9)15(3)12(14)18/h4-7H,8H2,1-3H3,(H2,14,18)(H,16,17). The summed E-state index contributed by atoms with van der Waals surface area (Å²) in [7, 11) is 1.57. The van der Waals surface area contributed by atoms with Crippen LogP contribution in [0.3, 0.4) is 0 Å². The first-order valence-electron chi connectivity index (χ1n) is 5.59. The van der Waals surface area contributed by atoms with Crippen molar-refractivity contribution >= 4 is 17.7 Å². The van der Waals surface area contributed by atoms with Crippen LogP contribution in [0.1, 0.15) is 19.4 Å². The Morgan fingerprint density at radius 2 is 2.00 bits per heavy atom. The van der Waals surface area contributed by atoms with Crippen LogP contribution in [0, 0.1) is 5.41 Å². The fraction of sp³-hybridized carbons (Fsp3) is 0.385. The van der Waals surface area contributed by atoms with E-state index in [2.05, 4.69) is 0 Å². The average molecular weight is 250 g/mol. The molecule has 0 saturated carbocycles. The molecule has 0 unspecified atom stereocenters. The van der Waals surface area contributed by atoms with Gasteiger partial charge >= 0.3 is 12.0 Å². The highest BCUT2D eigenvalue weighted by Crippen LogP contribution is 2.24. The third-order valence-electron chi connectivity index (χ3n) is 2.85. The highest BCUT2D eigenvalue weighted by atomic mass is 16.4. The molecule has 5 heteroatoms. The SMILES string of the molecule is CN(C(N)=O)c1cccc(CC(C)(C)C(=O)O)c1. The number of anilines is 1. The number of nitrogens with zero attached hydrogens (tertiary/aromatic N) is 1. The summed E-state index contributed by atoms with van der Waals surface area (Å²) < 4.78 is 0. The molecule has 0 aliphatic rings. The molecule has 1 aromatic carbocycles. The summed E-state index contributed by atoms with van der Waals surface area (Å²) >= 11 is 0. The fourth-order valence-electron chi connectivity index (χ4n) is 1.59. The summed E-state index contributed by atoms with van der Waals surface area (Å²) in [6.45, 7) is 3.33. The van der Waals surface area contributed by atoms with Gasteiger partial charge < -0.3 is 10.8 Å². The molecule has 0 aromatic heterocycles. The van der Waals surface area contributed by atoms with Gasteiger partial charge in [-0.3, -0.25) is 9.69 Å². The molecule has 0 heterocycles. The molecule has 0 spiro atoms. The monoisotopic (exact) mass is 250 g/mol. The van der Waals surface area contributed by atoms with Gasteiger partial charge in [0.15, 0.2) is 0 Å². The van der Waals surface area contributed by atoms with Crippen molar-refractivity contribution in [2.45, 2.75) is 20.3 Å². The largest absolute Gasteiger partial charge is 0.481 e. The molecule has 0 atom stereocenters. The molecule has 2 amide bonds. The van der Waals surface area contributed by atoms with Gasteiger partial charge in [0, 0.05) is 12.7 Å². The lowest BCUT2D eigenvalue weighted by atomic mass is 9.86. The third kappa shape index (κ3) is 3.23. The van der Waals surface area contributed by atoms with E-state index < -0.39 is 17.4 Å². The maximum Gasteiger partial charge on any atom is 0.318 e. The lowest BCUT2D eigenvalue weighted by Gasteiger charge is -2.20. The highest BCUT2D eigenvalue weighted by Gasteiger charge is 2.27. The van der Waals surface area contributed by atoms with E-state index in [4.69, 9.17) is 10.8 Å². The van der Waals surface area contributed by atoms with Crippen molar-refractivity contribution in [3.8, 4) is 0 Å². The Morgan fingerprint density at radius 1 is 1.39 bits per heavy atom. The molecular formula is C13H18N2O3. The Balaban J connectivity index is 2.96. The molecule has 18 heavy (non-hydrogen) atoms. The predicted octanol–water partition coefficient (Wildman–Crippen LogP) is 1.85. The van der Waals surface area contributed by atoms with E-state index in [0.29, 0.717) is 12.1 Å². The Morgan fingerprint density at radius 3 is 2.50 bits per heavy atom. The quantitative estimate of drug-likeness (QED) is 0.855. The number of carbonyl (C=O) groups is 2. The maximum absolute atomic E-state index is 11.1. The normalized spacial score (nSPS) is 11.1. The zero-order valence-electron chi connectivity index (χ0n) is 10.8. The summed E-state index contributed by atoms with van der Waals surface area (Å²) in [5.74, 6) is -0.851. The number of benzene rings is 1. The molecule has 0 aliphatic carbocycles. The van der Waals surface area contributed by atoms with Gasteiger partial charge in [-0.25, -0.2) is 4.79 Å². The van der Waals surface area contributed by atoms with E-state index in [1.54, 1.807) is 39.1 Å². The van der Waals surface area contributed by atoms with E-state index in [-0.39, 0.29) is 0 Å². The number of carbonyl (C=O) groups excluding carboxylic acids is 1. The van der Waals surface area contributed by atoms with Crippen molar-refractivity contribution in [3.05, 3.63) is 29.8 Å². The first-order chi connectivity index (χ1) is 8.24. The number of carboxylic acids is 1. The van der Waals surface area contributed by atoms with Gasteiger partial charge in [0.2, 0.25) is 0 Å². The minimum atomic E-state index is -0.851. The first kappa shape index (κ1) is 14.0. The summed E-state index contributed by atoms with van der Waals surface area (Å²) in [6.07, 6.45) is 0.392. The molecule has 1 rings (SSSR count). The van der Waals surface area contributed by atoms with Crippen LogP contribution >= 0.6 is 0 Å². The molecule has 98 valence electrons. The summed E-state index contributed by atoms with van der Waals surface area (Å²) in [4.78, 5) is 23.4. The van der Waals surface area contributed by atoms with Crippen molar-refractivity contribution in [1.82, 2.24) is 0 Å². The number of hydrogen-bond acceptors (Lipinski definition) is 2. The van der Waals surface area contributed by atoms with Crippen molar-refractivity contribution in [1.29, 1.82) is 0 Å². The van der Waals surface area contributed by atoms with Gasteiger partial charge in [-0.05, 0) is 38.0 Å². The summed E-state index contributed by atoms with van der Waals surface area (Å²) in [5.41, 5.74) is 5.85. The van der Waals surface area contributed by atoms with Gasteiger partial charge in [-0.2, -0.15) is 0 Å². The van der Waals surface area contributed by atoms with Crippen LogP contribution in [-0.2, 0) is 11.2 Å². The van der Waals surface area contributed by atoms with Crippen LogP contribution in [0.15, 0.2) is 24.3 Å².